The van der Waals surface area contributed by atoms with Crippen LogP contribution in [-0.2, 0) is 9.53 Å². The third kappa shape index (κ3) is 4.09. The zero-order valence-electron chi connectivity index (χ0n) is 9.43. The summed E-state index contributed by atoms with van der Waals surface area (Å²) in [6, 6.07) is 0. The van der Waals surface area contributed by atoms with E-state index in [-0.39, 0.29) is 12.4 Å². The van der Waals surface area contributed by atoms with Gasteiger partial charge in [0.25, 0.3) is 0 Å². The van der Waals surface area contributed by atoms with Gasteiger partial charge in [-0.05, 0) is 20.8 Å². The number of amides is 1. The minimum Gasteiger partial charge on any atom is -0.479 e. The number of halogens is 1. The standard InChI is InChI=1S/C9H15NO4S.ClH/c1-9(2,3)14-8(13)10-4-5-15-6(10)7(11)12;/h6H,4-5H2,1-3H3,(H,11,12);1H/t6-;/m0./s1. The van der Waals surface area contributed by atoms with Crippen LogP contribution in [0.25, 0.3) is 0 Å². The van der Waals surface area contributed by atoms with E-state index in [9.17, 15) is 9.59 Å². The Morgan fingerprint density at radius 1 is 1.44 bits per heavy atom. The van der Waals surface area contributed by atoms with Crippen LogP contribution in [0.5, 0.6) is 0 Å². The first-order valence-electron chi connectivity index (χ1n) is 4.65. The average molecular weight is 270 g/mol. The highest BCUT2D eigenvalue weighted by atomic mass is 35.5. The summed E-state index contributed by atoms with van der Waals surface area (Å²) >= 11 is 1.24. The summed E-state index contributed by atoms with van der Waals surface area (Å²) in [5, 5.41) is 8.05. The smallest absolute Gasteiger partial charge is 0.411 e. The Morgan fingerprint density at radius 2 is 2.00 bits per heavy atom. The highest BCUT2D eigenvalue weighted by molar-refractivity contribution is 8.00. The minimum atomic E-state index is -0.997. The highest BCUT2D eigenvalue weighted by Crippen LogP contribution is 2.25. The number of hydrogen-bond acceptors (Lipinski definition) is 4. The van der Waals surface area contributed by atoms with Crippen molar-refractivity contribution < 1.29 is 19.4 Å². The summed E-state index contributed by atoms with van der Waals surface area (Å²) in [6.45, 7) is 5.69. The van der Waals surface area contributed by atoms with Gasteiger partial charge in [0, 0.05) is 12.3 Å². The van der Waals surface area contributed by atoms with Crippen molar-refractivity contribution in [1.29, 1.82) is 0 Å². The van der Waals surface area contributed by atoms with E-state index in [1.165, 1.54) is 16.7 Å². The molecule has 0 aromatic heterocycles. The first kappa shape index (κ1) is 15.4. The molecule has 1 aliphatic rings. The van der Waals surface area contributed by atoms with Crippen LogP contribution >= 0.6 is 24.2 Å². The normalized spacial score (nSPS) is 20.2. The molecule has 94 valence electrons. The second-order valence-corrected chi connectivity index (χ2v) is 5.42. The molecule has 0 spiro atoms. The van der Waals surface area contributed by atoms with Crippen LogP contribution in [0.3, 0.4) is 0 Å². The predicted molar refractivity (Wildman–Crippen MR) is 64.1 cm³/mol. The fourth-order valence-electron chi connectivity index (χ4n) is 1.18. The van der Waals surface area contributed by atoms with Crippen LogP contribution in [0.4, 0.5) is 4.79 Å². The average Bonchev–Trinajstić information content (AvgIpc) is 2.47. The number of nitrogens with zero attached hydrogens (tertiary/aromatic N) is 1. The third-order valence-electron chi connectivity index (χ3n) is 1.73. The van der Waals surface area contributed by atoms with E-state index in [1.54, 1.807) is 20.8 Å². The molecule has 1 heterocycles. The molecule has 1 saturated heterocycles. The van der Waals surface area contributed by atoms with Gasteiger partial charge in [-0.15, -0.1) is 24.2 Å². The maximum Gasteiger partial charge on any atom is 0.411 e. The summed E-state index contributed by atoms with van der Waals surface area (Å²) in [5.41, 5.74) is -0.590. The molecule has 1 fully saturated rings. The zero-order valence-corrected chi connectivity index (χ0v) is 11.1. The number of carboxylic acid groups (broad SMARTS) is 1. The summed E-state index contributed by atoms with van der Waals surface area (Å²) in [7, 11) is 0. The van der Waals surface area contributed by atoms with E-state index in [4.69, 9.17) is 9.84 Å². The van der Waals surface area contributed by atoms with E-state index in [2.05, 4.69) is 0 Å². The number of hydrogen-bond donors (Lipinski definition) is 1. The minimum absolute atomic E-state index is 0. The van der Waals surface area contributed by atoms with Gasteiger partial charge in [0.05, 0.1) is 0 Å². The maximum atomic E-state index is 11.6. The van der Waals surface area contributed by atoms with Crippen molar-refractivity contribution >= 4 is 36.2 Å². The fourth-order valence-corrected chi connectivity index (χ4v) is 2.22. The van der Waals surface area contributed by atoms with Gasteiger partial charge in [-0.25, -0.2) is 9.59 Å². The molecule has 0 aromatic carbocycles. The van der Waals surface area contributed by atoms with Crippen LogP contribution in [0.15, 0.2) is 0 Å². The summed E-state index contributed by atoms with van der Waals surface area (Å²) in [4.78, 5) is 23.7. The quantitative estimate of drug-likeness (QED) is 0.786. The predicted octanol–water partition coefficient (Wildman–Crippen LogP) is 1.80. The number of carbonyl (C=O) groups excluding carboxylic acids is 1. The number of carboxylic acids is 1. The lowest BCUT2D eigenvalue weighted by Crippen LogP contribution is -2.42. The lowest BCUT2D eigenvalue weighted by molar-refractivity contribution is -0.139. The zero-order chi connectivity index (χ0) is 11.6. The molecule has 0 unspecified atom stereocenters. The van der Waals surface area contributed by atoms with Crippen LogP contribution in [0, 0.1) is 0 Å². The van der Waals surface area contributed by atoms with Crippen LogP contribution in [-0.4, -0.2) is 45.3 Å². The second-order valence-electron chi connectivity index (χ2n) is 4.24. The molecule has 1 aliphatic heterocycles. The van der Waals surface area contributed by atoms with E-state index >= 15 is 0 Å². The van der Waals surface area contributed by atoms with Crippen molar-refractivity contribution in [2.75, 3.05) is 12.3 Å². The monoisotopic (exact) mass is 269 g/mol. The van der Waals surface area contributed by atoms with Gasteiger partial charge in [-0.1, -0.05) is 0 Å². The number of rotatable bonds is 1. The molecular formula is C9H16ClNO4S. The van der Waals surface area contributed by atoms with Crippen LogP contribution in [0.1, 0.15) is 20.8 Å². The summed E-state index contributed by atoms with van der Waals surface area (Å²) < 4.78 is 5.11. The van der Waals surface area contributed by atoms with E-state index in [0.29, 0.717) is 12.3 Å². The van der Waals surface area contributed by atoms with Gasteiger partial charge in [0.2, 0.25) is 0 Å². The molecule has 1 N–H and O–H groups in total. The van der Waals surface area contributed by atoms with Gasteiger partial charge in [-0.2, -0.15) is 0 Å². The molecule has 0 radical (unpaired) electrons. The molecule has 1 atom stereocenters. The van der Waals surface area contributed by atoms with E-state index in [0.717, 1.165) is 0 Å². The molecule has 0 saturated carbocycles. The molecule has 0 aromatic rings. The number of carbonyl (C=O) groups is 2. The Morgan fingerprint density at radius 3 is 2.44 bits per heavy atom. The first-order chi connectivity index (χ1) is 6.81. The van der Waals surface area contributed by atoms with Crippen molar-refractivity contribution in [3.8, 4) is 0 Å². The van der Waals surface area contributed by atoms with Crippen molar-refractivity contribution in [3.63, 3.8) is 0 Å². The molecule has 16 heavy (non-hydrogen) atoms. The molecule has 7 heteroatoms. The van der Waals surface area contributed by atoms with Crippen molar-refractivity contribution in [1.82, 2.24) is 4.90 Å². The lowest BCUT2D eigenvalue weighted by atomic mass is 10.2. The van der Waals surface area contributed by atoms with Crippen molar-refractivity contribution in [2.45, 2.75) is 31.7 Å². The third-order valence-corrected chi connectivity index (χ3v) is 2.92. The Bertz CT molecular complexity index is 279. The first-order valence-corrected chi connectivity index (χ1v) is 5.70. The lowest BCUT2D eigenvalue weighted by Gasteiger charge is -2.26. The topological polar surface area (TPSA) is 66.8 Å². The Balaban J connectivity index is 0.00000225. The highest BCUT2D eigenvalue weighted by Gasteiger charge is 2.37. The second kappa shape index (κ2) is 5.63. The maximum absolute atomic E-state index is 11.6. The van der Waals surface area contributed by atoms with Crippen molar-refractivity contribution in [3.05, 3.63) is 0 Å². The molecule has 1 amide bonds. The Hall–Kier alpha value is -0.620. The number of aliphatic carboxylic acids is 1. The Kier molecular flexibility index (Phi) is 5.41. The van der Waals surface area contributed by atoms with Crippen molar-refractivity contribution in [2.24, 2.45) is 0 Å². The van der Waals surface area contributed by atoms with Gasteiger partial charge in [-0.3, -0.25) is 4.90 Å². The molecule has 0 aliphatic carbocycles. The SMILES string of the molecule is CC(C)(C)OC(=O)N1CCS[C@H]1C(=O)O.Cl. The van der Waals surface area contributed by atoms with Gasteiger partial charge in [0.1, 0.15) is 5.60 Å². The van der Waals surface area contributed by atoms with Crippen LogP contribution in [0.2, 0.25) is 0 Å². The van der Waals surface area contributed by atoms with Crippen LogP contribution < -0.4 is 0 Å². The molecule has 1 rings (SSSR count). The molecular weight excluding hydrogens is 254 g/mol. The molecule has 0 bridgehead atoms. The summed E-state index contributed by atoms with van der Waals surface area (Å²) in [6.07, 6.45) is -0.556. The largest absolute Gasteiger partial charge is 0.479 e. The van der Waals surface area contributed by atoms with Gasteiger partial charge < -0.3 is 9.84 Å². The van der Waals surface area contributed by atoms with E-state index < -0.39 is 23.0 Å². The number of thioether (sulfide) groups is 1. The number of ether oxygens (including phenoxy) is 1. The van der Waals surface area contributed by atoms with Gasteiger partial charge >= 0.3 is 12.1 Å². The fraction of sp³-hybridized carbons (Fsp3) is 0.778. The van der Waals surface area contributed by atoms with Gasteiger partial charge in [0.15, 0.2) is 5.37 Å². The van der Waals surface area contributed by atoms with E-state index in [1.807, 2.05) is 0 Å². The molecule has 5 nitrogen and oxygen atoms in total. The Labute approximate surface area is 105 Å². The summed E-state index contributed by atoms with van der Waals surface area (Å²) in [5.74, 6) is -0.362.